The highest BCUT2D eigenvalue weighted by Crippen LogP contribution is 2.44. The van der Waals surface area contributed by atoms with Crippen molar-refractivity contribution >= 4 is 11.6 Å². The second-order valence-electron chi connectivity index (χ2n) is 9.14. The summed E-state index contributed by atoms with van der Waals surface area (Å²) in [6.07, 6.45) is 1.56. The topological polar surface area (TPSA) is 54.3 Å². The molecule has 3 fully saturated rings. The molecule has 8 heteroatoms. The predicted molar refractivity (Wildman–Crippen MR) is 104 cm³/mol. The first-order valence-corrected chi connectivity index (χ1v) is 10.5. The average Bonchev–Trinajstić information content (AvgIpc) is 3.37. The fraction of sp³-hybridized carbons (Fsp3) is 0.714. The number of anilines is 1. The Labute approximate surface area is 168 Å². The number of hydrogen-bond acceptors (Lipinski definition) is 3. The Hall–Kier alpha value is -1.99. The van der Waals surface area contributed by atoms with Crippen molar-refractivity contribution in [1.82, 2.24) is 9.88 Å². The summed E-state index contributed by atoms with van der Waals surface area (Å²) in [6, 6.07) is 0.780. The molecule has 4 atom stereocenters. The van der Waals surface area contributed by atoms with Crippen molar-refractivity contribution in [3.63, 3.8) is 0 Å². The van der Waals surface area contributed by atoms with Gasteiger partial charge in [0.2, 0.25) is 5.91 Å². The summed E-state index contributed by atoms with van der Waals surface area (Å²) >= 11 is 0. The Kier molecular flexibility index (Phi) is 5.15. The van der Waals surface area contributed by atoms with E-state index < -0.39 is 17.3 Å². The van der Waals surface area contributed by atoms with Gasteiger partial charge in [-0.15, -0.1) is 0 Å². The van der Waals surface area contributed by atoms with Crippen LogP contribution in [-0.4, -0.2) is 29.6 Å². The van der Waals surface area contributed by atoms with Crippen LogP contribution in [0.1, 0.15) is 57.6 Å². The molecule has 160 valence electrons. The fourth-order valence-corrected chi connectivity index (χ4v) is 5.27. The number of aromatic nitrogens is 1. The van der Waals surface area contributed by atoms with Crippen LogP contribution >= 0.6 is 0 Å². The maximum absolute atomic E-state index is 13.3. The largest absolute Gasteiger partial charge is 0.417 e. The number of fused-ring (bicyclic) bond motifs is 2. The minimum Gasteiger partial charge on any atom is -0.366 e. The lowest BCUT2D eigenvalue weighted by Gasteiger charge is -2.25. The Morgan fingerprint density at radius 2 is 1.97 bits per heavy atom. The van der Waals surface area contributed by atoms with Gasteiger partial charge in [0.1, 0.15) is 5.69 Å². The van der Waals surface area contributed by atoms with Gasteiger partial charge in [0.05, 0.1) is 11.5 Å². The first kappa shape index (κ1) is 20.3. The molecule has 1 aromatic rings. The van der Waals surface area contributed by atoms with Gasteiger partial charge in [0.15, 0.2) is 0 Å². The molecule has 2 aliphatic carbocycles. The highest BCUT2D eigenvalue weighted by molar-refractivity contribution is 5.80. The van der Waals surface area contributed by atoms with Gasteiger partial charge in [-0.2, -0.15) is 13.2 Å². The molecule has 1 saturated heterocycles. The molecule has 1 amide bonds. The van der Waals surface area contributed by atoms with Crippen LogP contribution in [0.3, 0.4) is 0 Å². The van der Waals surface area contributed by atoms with Crippen LogP contribution in [0.4, 0.5) is 18.9 Å². The third-order valence-corrected chi connectivity index (χ3v) is 6.87. The zero-order chi connectivity index (χ0) is 20.9. The number of nitrogens with zero attached hydrogens (tertiary/aromatic N) is 2. The van der Waals surface area contributed by atoms with Crippen molar-refractivity contribution in [3.05, 3.63) is 28.2 Å². The second-order valence-corrected chi connectivity index (χ2v) is 9.14. The van der Waals surface area contributed by atoms with Gasteiger partial charge < -0.3 is 14.8 Å². The van der Waals surface area contributed by atoms with Crippen LogP contribution < -0.4 is 15.8 Å². The lowest BCUT2D eigenvalue weighted by atomic mass is 9.94. The lowest BCUT2D eigenvalue weighted by Crippen LogP contribution is -2.42. The summed E-state index contributed by atoms with van der Waals surface area (Å²) in [5.41, 5.74) is -1.25. The Morgan fingerprint density at radius 3 is 2.55 bits per heavy atom. The summed E-state index contributed by atoms with van der Waals surface area (Å²) < 4.78 is 41.1. The van der Waals surface area contributed by atoms with E-state index in [4.69, 9.17) is 0 Å². The molecule has 1 aliphatic heterocycles. The van der Waals surface area contributed by atoms with Crippen molar-refractivity contribution in [2.75, 3.05) is 18.0 Å². The SMILES string of the molecule is CC(C)n1cc(C(F)(F)F)cc(N2CC[C@H](C(=O)N[C@@H]3C[C@@H]4CC[C@H]3C4)C2)c1=O. The van der Waals surface area contributed by atoms with E-state index in [0.29, 0.717) is 18.9 Å². The first-order chi connectivity index (χ1) is 13.6. The van der Waals surface area contributed by atoms with E-state index in [1.807, 2.05) is 0 Å². The molecule has 2 bridgehead atoms. The molecule has 4 rings (SSSR count). The molecule has 0 aromatic carbocycles. The number of rotatable bonds is 4. The van der Waals surface area contributed by atoms with Crippen LogP contribution in [-0.2, 0) is 11.0 Å². The van der Waals surface area contributed by atoms with Crippen molar-refractivity contribution in [1.29, 1.82) is 0 Å². The van der Waals surface area contributed by atoms with Crippen LogP contribution in [0.5, 0.6) is 0 Å². The number of carbonyl (C=O) groups excluding carboxylic acids is 1. The van der Waals surface area contributed by atoms with Crippen molar-refractivity contribution in [3.8, 4) is 0 Å². The summed E-state index contributed by atoms with van der Waals surface area (Å²) in [7, 11) is 0. The minimum atomic E-state index is -4.53. The smallest absolute Gasteiger partial charge is 0.366 e. The molecular formula is C21H28F3N3O2. The van der Waals surface area contributed by atoms with Crippen LogP contribution in [0, 0.1) is 17.8 Å². The average molecular weight is 411 g/mol. The normalized spacial score (nSPS) is 29.1. The lowest BCUT2D eigenvalue weighted by molar-refractivity contribution is -0.138. The molecule has 1 N–H and O–H groups in total. The first-order valence-electron chi connectivity index (χ1n) is 10.5. The van der Waals surface area contributed by atoms with Gasteiger partial charge >= 0.3 is 6.18 Å². The van der Waals surface area contributed by atoms with E-state index in [9.17, 15) is 22.8 Å². The molecular weight excluding hydrogens is 383 g/mol. The van der Waals surface area contributed by atoms with Gasteiger partial charge in [0.25, 0.3) is 5.56 Å². The Bertz CT molecular complexity index is 849. The molecule has 2 saturated carbocycles. The highest BCUT2D eigenvalue weighted by Gasteiger charge is 2.41. The number of pyridine rings is 1. The quantitative estimate of drug-likeness (QED) is 0.824. The van der Waals surface area contributed by atoms with Gasteiger partial charge in [-0.25, -0.2) is 0 Å². The summed E-state index contributed by atoms with van der Waals surface area (Å²) in [5, 5.41) is 3.18. The number of amides is 1. The molecule has 29 heavy (non-hydrogen) atoms. The van der Waals surface area contributed by atoms with E-state index >= 15 is 0 Å². The van der Waals surface area contributed by atoms with Crippen molar-refractivity contribution in [2.45, 2.75) is 64.2 Å². The van der Waals surface area contributed by atoms with Crippen LogP contribution in [0.15, 0.2) is 17.1 Å². The number of hydrogen-bond donors (Lipinski definition) is 1. The van der Waals surface area contributed by atoms with Gasteiger partial charge in [-0.1, -0.05) is 6.42 Å². The zero-order valence-corrected chi connectivity index (χ0v) is 16.8. The molecule has 1 aromatic heterocycles. The van der Waals surface area contributed by atoms with E-state index in [-0.39, 0.29) is 36.1 Å². The van der Waals surface area contributed by atoms with E-state index in [2.05, 4.69) is 5.32 Å². The zero-order valence-electron chi connectivity index (χ0n) is 16.8. The fourth-order valence-electron chi connectivity index (χ4n) is 5.27. The summed E-state index contributed by atoms with van der Waals surface area (Å²) in [5.74, 6) is 0.977. The van der Waals surface area contributed by atoms with E-state index in [1.165, 1.54) is 19.3 Å². The maximum Gasteiger partial charge on any atom is 0.417 e. The maximum atomic E-state index is 13.3. The van der Waals surface area contributed by atoms with Crippen molar-refractivity contribution < 1.29 is 18.0 Å². The number of halogens is 3. The molecule has 5 nitrogen and oxygen atoms in total. The molecule has 0 radical (unpaired) electrons. The molecule has 3 aliphatic rings. The summed E-state index contributed by atoms with van der Waals surface area (Å²) in [6.45, 7) is 4.05. The van der Waals surface area contributed by atoms with Crippen molar-refractivity contribution in [2.24, 2.45) is 17.8 Å². The van der Waals surface area contributed by atoms with E-state index in [0.717, 1.165) is 29.2 Å². The third kappa shape index (κ3) is 3.90. The monoisotopic (exact) mass is 411 g/mol. The highest BCUT2D eigenvalue weighted by atomic mass is 19.4. The van der Waals surface area contributed by atoms with Gasteiger partial charge in [-0.3, -0.25) is 9.59 Å². The number of carbonyl (C=O) groups is 1. The third-order valence-electron chi connectivity index (χ3n) is 6.87. The second kappa shape index (κ2) is 7.36. The van der Waals surface area contributed by atoms with Crippen LogP contribution in [0.25, 0.3) is 0 Å². The predicted octanol–water partition coefficient (Wildman–Crippen LogP) is 3.58. The number of nitrogens with one attached hydrogen (secondary N) is 1. The Balaban J connectivity index is 1.50. The molecule has 0 spiro atoms. The molecule has 0 unspecified atom stereocenters. The minimum absolute atomic E-state index is 0.0267. The Morgan fingerprint density at radius 1 is 1.21 bits per heavy atom. The van der Waals surface area contributed by atoms with Crippen LogP contribution in [0.2, 0.25) is 0 Å². The van der Waals surface area contributed by atoms with E-state index in [1.54, 1.807) is 18.7 Å². The van der Waals surface area contributed by atoms with Gasteiger partial charge in [0, 0.05) is 31.4 Å². The molecule has 2 heterocycles. The standard InChI is InChI=1S/C21H28F3N3O2/c1-12(2)27-11-16(21(22,23)24)9-18(20(27)29)26-6-5-15(10-26)19(28)25-17-8-13-3-4-14(17)7-13/h9,11-15,17H,3-8,10H2,1-2H3,(H,25,28)/t13-,14+,15+,17-/m1/s1. The van der Waals surface area contributed by atoms with Gasteiger partial charge in [-0.05, 0) is 57.4 Å². The number of alkyl halides is 3. The summed E-state index contributed by atoms with van der Waals surface area (Å²) in [4.78, 5) is 27.2.